The number of carboxylic acid groups (broad SMARTS) is 1. The van der Waals surface area contributed by atoms with Crippen LogP contribution in [0.4, 0.5) is 0 Å². The van der Waals surface area contributed by atoms with Gasteiger partial charge in [-0.3, -0.25) is 4.79 Å². The van der Waals surface area contributed by atoms with Crippen LogP contribution < -0.4 is 0 Å². The molecule has 180 valence electrons. The number of rotatable bonds is 11. The molecule has 2 nitrogen and oxygen atoms in total. The zero-order chi connectivity index (χ0) is 22.2. The third-order valence-electron chi connectivity index (χ3n) is 10.3. The molecule has 0 aromatic carbocycles. The van der Waals surface area contributed by atoms with Crippen molar-refractivity contribution in [1.29, 1.82) is 0 Å². The molecule has 0 bridgehead atoms. The fraction of sp³-hybridized carbons (Fsp3) is 0.966. The van der Waals surface area contributed by atoms with Crippen molar-refractivity contribution in [3.63, 3.8) is 0 Å². The fourth-order valence-corrected chi connectivity index (χ4v) is 8.32. The van der Waals surface area contributed by atoms with Gasteiger partial charge in [-0.05, 0) is 81.0 Å². The maximum Gasteiger partial charge on any atom is 0.310 e. The lowest BCUT2D eigenvalue weighted by molar-refractivity contribution is -0.171. The largest absolute Gasteiger partial charge is 0.481 e. The van der Waals surface area contributed by atoms with Gasteiger partial charge < -0.3 is 5.11 Å². The van der Waals surface area contributed by atoms with Crippen molar-refractivity contribution < 1.29 is 9.90 Å². The lowest BCUT2D eigenvalue weighted by Crippen LogP contribution is -2.53. The summed E-state index contributed by atoms with van der Waals surface area (Å²) in [5.74, 6) is 0.468. The topological polar surface area (TPSA) is 37.3 Å². The Bertz CT molecular complexity index is 531. The van der Waals surface area contributed by atoms with E-state index in [1.807, 2.05) is 0 Å². The summed E-state index contributed by atoms with van der Waals surface area (Å²) in [6, 6.07) is 0. The van der Waals surface area contributed by atoms with Gasteiger partial charge in [-0.2, -0.15) is 0 Å². The highest BCUT2D eigenvalue weighted by Gasteiger charge is 2.58. The first-order valence-electron chi connectivity index (χ1n) is 14.3. The summed E-state index contributed by atoms with van der Waals surface area (Å²) in [5.41, 5.74) is 0.163. The molecule has 0 radical (unpaired) electrons. The second-order valence-corrected chi connectivity index (χ2v) is 11.8. The van der Waals surface area contributed by atoms with Crippen molar-refractivity contribution in [3.05, 3.63) is 0 Å². The van der Waals surface area contributed by atoms with E-state index in [1.54, 1.807) is 0 Å². The van der Waals surface area contributed by atoms with Crippen LogP contribution in [-0.2, 0) is 4.79 Å². The van der Waals surface area contributed by atoms with Crippen LogP contribution in [0.15, 0.2) is 0 Å². The standard InChI is InChI=1S/C29H52O2/c1-3-5-7-12-17-27(25-15-10-8-11-16-25)21-23-28(24-22-27,18-6-4-2)29(26(30)31)19-13-9-14-20-29/h25H,3-24H2,1-2H3,(H,30,31). The van der Waals surface area contributed by atoms with Crippen LogP contribution in [0.3, 0.4) is 0 Å². The van der Waals surface area contributed by atoms with Crippen LogP contribution in [0.25, 0.3) is 0 Å². The predicted molar refractivity (Wildman–Crippen MR) is 131 cm³/mol. The van der Waals surface area contributed by atoms with E-state index in [-0.39, 0.29) is 5.41 Å². The Balaban J connectivity index is 1.82. The molecule has 0 amide bonds. The van der Waals surface area contributed by atoms with Crippen LogP contribution in [0.5, 0.6) is 0 Å². The molecule has 0 saturated heterocycles. The molecule has 2 heteroatoms. The second-order valence-electron chi connectivity index (χ2n) is 11.8. The number of hydrogen-bond donors (Lipinski definition) is 1. The van der Waals surface area contributed by atoms with Crippen molar-refractivity contribution in [2.45, 2.75) is 155 Å². The van der Waals surface area contributed by atoms with Crippen LogP contribution in [0.2, 0.25) is 0 Å². The Morgan fingerprint density at radius 2 is 1.32 bits per heavy atom. The zero-order valence-corrected chi connectivity index (χ0v) is 21.0. The number of unbranched alkanes of at least 4 members (excludes halogenated alkanes) is 4. The van der Waals surface area contributed by atoms with Gasteiger partial charge in [0.2, 0.25) is 0 Å². The molecule has 0 atom stereocenters. The summed E-state index contributed by atoms with van der Waals surface area (Å²) in [6.45, 7) is 4.60. The van der Waals surface area contributed by atoms with Crippen molar-refractivity contribution in [3.8, 4) is 0 Å². The van der Waals surface area contributed by atoms with Crippen molar-refractivity contribution in [1.82, 2.24) is 0 Å². The molecule has 3 fully saturated rings. The van der Waals surface area contributed by atoms with Gasteiger partial charge in [-0.25, -0.2) is 0 Å². The summed E-state index contributed by atoms with van der Waals surface area (Å²) < 4.78 is 0. The normalized spacial score (nSPS) is 32.1. The SMILES string of the molecule is CCCCCCC1(C2CCCCC2)CCC(CCCC)(C2(C(=O)O)CCCCC2)CC1. The van der Waals surface area contributed by atoms with Gasteiger partial charge in [-0.15, -0.1) is 0 Å². The van der Waals surface area contributed by atoms with E-state index in [1.165, 1.54) is 109 Å². The van der Waals surface area contributed by atoms with Gasteiger partial charge >= 0.3 is 5.97 Å². The van der Waals surface area contributed by atoms with E-state index in [2.05, 4.69) is 13.8 Å². The number of carbonyl (C=O) groups is 1. The van der Waals surface area contributed by atoms with Gasteiger partial charge in [0.25, 0.3) is 0 Å². The molecule has 0 unspecified atom stereocenters. The fourth-order valence-electron chi connectivity index (χ4n) is 8.32. The minimum absolute atomic E-state index is 0.0663. The van der Waals surface area contributed by atoms with E-state index < -0.39 is 11.4 Å². The van der Waals surface area contributed by atoms with Gasteiger partial charge in [0.05, 0.1) is 5.41 Å². The van der Waals surface area contributed by atoms with Gasteiger partial charge in [0.15, 0.2) is 0 Å². The molecule has 3 aliphatic rings. The number of aliphatic carboxylic acids is 1. The predicted octanol–water partition coefficient (Wildman–Crippen LogP) is 9.31. The molecule has 3 aliphatic carbocycles. The molecule has 0 aromatic heterocycles. The molecular weight excluding hydrogens is 380 g/mol. The average Bonchev–Trinajstić information content (AvgIpc) is 2.82. The van der Waals surface area contributed by atoms with Crippen molar-refractivity contribution in [2.75, 3.05) is 0 Å². The van der Waals surface area contributed by atoms with E-state index in [0.717, 1.165) is 38.0 Å². The molecule has 0 spiro atoms. The first kappa shape index (κ1) is 25.1. The molecule has 0 heterocycles. The zero-order valence-electron chi connectivity index (χ0n) is 21.0. The van der Waals surface area contributed by atoms with E-state index >= 15 is 0 Å². The summed E-state index contributed by atoms with van der Waals surface area (Å²) >= 11 is 0. The van der Waals surface area contributed by atoms with Crippen LogP contribution in [0, 0.1) is 22.2 Å². The number of hydrogen-bond acceptors (Lipinski definition) is 1. The Labute approximate surface area is 193 Å². The molecule has 31 heavy (non-hydrogen) atoms. The van der Waals surface area contributed by atoms with Crippen LogP contribution in [-0.4, -0.2) is 11.1 Å². The van der Waals surface area contributed by atoms with E-state index in [9.17, 15) is 9.90 Å². The smallest absolute Gasteiger partial charge is 0.310 e. The summed E-state index contributed by atoms with van der Waals surface area (Å²) in [4.78, 5) is 12.9. The lowest BCUT2D eigenvalue weighted by atomic mass is 9.46. The van der Waals surface area contributed by atoms with Crippen LogP contribution >= 0.6 is 0 Å². The minimum atomic E-state index is -0.448. The van der Waals surface area contributed by atoms with Gasteiger partial charge in [-0.1, -0.05) is 90.9 Å². The second kappa shape index (κ2) is 11.6. The first-order chi connectivity index (χ1) is 15.0. The quantitative estimate of drug-likeness (QED) is 0.330. The van der Waals surface area contributed by atoms with Gasteiger partial charge in [0.1, 0.15) is 0 Å². The monoisotopic (exact) mass is 432 g/mol. The first-order valence-corrected chi connectivity index (χ1v) is 14.3. The maximum atomic E-state index is 12.9. The Kier molecular flexibility index (Phi) is 9.35. The Morgan fingerprint density at radius 3 is 1.90 bits per heavy atom. The molecule has 3 rings (SSSR count). The summed E-state index contributed by atoms with van der Waals surface area (Å²) in [6.07, 6.45) is 28.1. The molecular formula is C29H52O2. The Morgan fingerprint density at radius 1 is 0.710 bits per heavy atom. The third kappa shape index (κ3) is 5.35. The Hall–Kier alpha value is -0.530. The van der Waals surface area contributed by atoms with Crippen molar-refractivity contribution >= 4 is 5.97 Å². The maximum absolute atomic E-state index is 12.9. The van der Waals surface area contributed by atoms with Gasteiger partial charge in [0, 0.05) is 0 Å². The highest BCUT2D eigenvalue weighted by atomic mass is 16.4. The minimum Gasteiger partial charge on any atom is -0.481 e. The number of carboxylic acids is 1. The molecule has 1 N–H and O–H groups in total. The lowest BCUT2D eigenvalue weighted by Gasteiger charge is -2.58. The summed E-state index contributed by atoms with van der Waals surface area (Å²) in [5, 5.41) is 10.6. The molecule has 3 saturated carbocycles. The van der Waals surface area contributed by atoms with E-state index in [4.69, 9.17) is 0 Å². The highest BCUT2D eigenvalue weighted by molar-refractivity contribution is 5.76. The molecule has 0 aliphatic heterocycles. The van der Waals surface area contributed by atoms with Crippen LogP contribution in [0.1, 0.15) is 155 Å². The van der Waals surface area contributed by atoms with E-state index in [0.29, 0.717) is 5.41 Å². The summed E-state index contributed by atoms with van der Waals surface area (Å²) in [7, 11) is 0. The molecule has 0 aromatic rings. The average molecular weight is 433 g/mol. The third-order valence-corrected chi connectivity index (χ3v) is 10.3. The van der Waals surface area contributed by atoms with Crippen molar-refractivity contribution in [2.24, 2.45) is 22.2 Å². The highest BCUT2D eigenvalue weighted by Crippen LogP contribution is 2.64.